The molecule has 0 saturated carbocycles. The summed E-state index contributed by atoms with van der Waals surface area (Å²) in [7, 11) is 0. The number of anilines is 1. The van der Waals surface area contributed by atoms with Crippen LogP contribution in [-0.4, -0.2) is 29.9 Å². The van der Waals surface area contributed by atoms with Crippen LogP contribution in [0.25, 0.3) is 0 Å². The predicted octanol–water partition coefficient (Wildman–Crippen LogP) is 2.52. The molecule has 2 N–H and O–H groups in total. The lowest BCUT2D eigenvalue weighted by atomic mass is 10.1. The van der Waals surface area contributed by atoms with Gasteiger partial charge in [-0.15, -0.1) is 0 Å². The van der Waals surface area contributed by atoms with Crippen molar-refractivity contribution in [3.63, 3.8) is 0 Å². The number of aryl methyl sites for hydroxylation is 1. The molecule has 0 aliphatic heterocycles. The van der Waals surface area contributed by atoms with Gasteiger partial charge in [0.1, 0.15) is 5.75 Å². The lowest BCUT2D eigenvalue weighted by Gasteiger charge is -2.11. The van der Waals surface area contributed by atoms with E-state index in [4.69, 9.17) is 9.84 Å². The monoisotopic (exact) mass is 313 g/mol. The van der Waals surface area contributed by atoms with Crippen LogP contribution in [0.3, 0.4) is 0 Å². The molecule has 0 saturated heterocycles. The third kappa shape index (κ3) is 4.16. The SMILES string of the molecule is Cc1ccccc1NC(=O)COc1ccc(C(=O)O)cc1C=O. The number of rotatable bonds is 6. The summed E-state index contributed by atoms with van der Waals surface area (Å²) in [6.45, 7) is 1.58. The van der Waals surface area contributed by atoms with E-state index in [0.29, 0.717) is 12.0 Å². The van der Waals surface area contributed by atoms with Gasteiger partial charge in [-0.3, -0.25) is 9.59 Å². The number of para-hydroxylation sites is 1. The van der Waals surface area contributed by atoms with Crippen LogP contribution in [0.4, 0.5) is 5.69 Å². The number of ether oxygens (including phenoxy) is 1. The molecule has 2 rings (SSSR count). The summed E-state index contributed by atoms with van der Waals surface area (Å²) in [4.78, 5) is 33.8. The van der Waals surface area contributed by atoms with Crippen molar-refractivity contribution < 1.29 is 24.2 Å². The first-order valence-electron chi connectivity index (χ1n) is 6.82. The van der Waals surface area contributed by atoms with Crippen LogP contribution in [0.1, 0.15) is 26.3 Å². The van der Waals surface area contributed by atoms with Crippen molar-refractivity contribution in [1.82, 2.24) is 0 Å². The smallest absolute Gasteiger partial charge is 0.335 e. The van der Waals surface area contributed by atoms with Crippen LogP contribution in [0.15, 0.2) is 42.5 Å². The molecule has 0 bridgehead atoms. The first-order valence-corrected chi connectivity index (χ1v) is 6.82. The fourth-order valence-electron chi connectivity index (χ4n) is 1.95. The maximum absolute atomic E-state index is 11.9. The highest BCUT2D eigenvalue weighted by Gasteiger charge is 2.11. The second-order valence-corrected chi connectivity index (χ2v) is 4.83. The highest BCUT2D eigenvalue weighted by Crippen LogP contribution is 2.19. The number of carbonyl (C=O) groups is 3. The van der Waals surface area contributed by atoms with Gasteiger partial charge in [-0.05, 0) is 36.8 Å². The first kappa shape index (κ1) is 16.2. The maximum atomic E-state index is 11.9. The summed E-state index contributed by atoms with van der Waals surface area (Å²) in [6, 6.07) is 11.2. The summed E-state index contributed by atoms with van der Waals surface area (Å²) >= 11 is 0. The Balaban J connectivity index is 2.03. The Morgan fingerprint density at radius 2 is 1.96 bits per heavy atom. The molecule has 0 fully saturated rings. The molecule has 0 unspecified atom stereocenters. The normalized spacial score (nSPS) is 9.96. The standard InChI is InChI=1S/C17H15NO5/c1-11-4-2-3-5-14(11)18-16(20)10-23-15-7-6-12(17(21)22)8-13(15)9-19/h2-9H,10H2,1H3,(H,18,20)(H,21,22). The lowest BCUT2D eigenvalue weighted by Crippen LogP contribution is -2.21. The zero-order chi connectivity index (χ0) is 16.8. The average Bonchev–Trinajstić information content (AvgIpc) is 2.54. The second kappa shape index (κ2) is 7.22. The Kier molecular flexibility index (Phi) is 5.09. The number of aromatic carboxylic acids is 1. The molecule has 6 heteroatoms. The number of amides is 1. The van der Waals surface area contributed by atoms with Crippen molar-refractivity contribution in [3.8, 4) is 5.75 Å². The minimum atomic E-state index is -1.14. The summed E-state index contributed by atoms with van der Waals surface area (Å²) in [6.07, 6.45) is 0.487. The Morgan fingerprint density at radius 1 is 1.22 bits per heavy atom. The Hall–Kier alpha value is -3.15. The third-order valence-electron chi connectivity index (χ3n) is 3.16. The number of benzene rings is 2. The molecule has 0 spiro atoms. The molecule has 118 valence electrons. The van der Waals surface area contributed by atoms with Crippen molar-refractivity contribution in [3.05, 3.63) is 59.2 Å². The Labute approximate surface area is 132 Å². The van der Waals surface area contributed by atoms with Gasteiger partial charge >= 0.3 is 5.97 Å². The van der Waals surface area contributed by atoms with Crippen LogP contribution in [0, 0.1) is 6.92 Å². The van der Waals surface area contributed by atoms with E-state index in [9.17, 15) is 14.4 Å². The van der Waals surface area contributed by atoms with Crippen LogP contribution in [-0.2, 0) is 4.79 Å². The number of carboxylic acids is 1. The van der Waals surface area contributed by atoms with Gasteiger partial charge in [0, 0.05) is 5.69 Å². The molecule has 0 heterocycles. The quantitative estimate of drug-likeness (QED) is 0.799. The van der Waals surface area contributed by atoms with Gasteiger partial charge < -0.3 is 15.2 Å². The highest BCUT2D eigenvalue weighted by atomic mass is 16.5. The van der Waals surface area contributed by atoms with E-state index in [-0.39, 0.29) is 29.4 Å². The molecular weight excluding hydrogens is 298 g/mol. The van der Waals surface area contributed by atoms with Gasteiger partial charge in [-0.25, -0.2) is 4.79 Å². The maximum Gasteiger partial charge on any atom is 0.335 e. The zero-order valence-corrected chi connectivity index (χ0v) is 12.4. The lowest BCUT2D eigenvalue weighted by molar-refractivity contribution is -0.118. The predicted molar refractivity (Wildman–Crippen MR) is 84.1 cm³/mol. The topological polar surface area (TPSA) is 92.7 Å². The average molecular weight is 313 g/mol. The zero-order valence-electron chi connectivity index (χ0n) is 12.4. The first-order chi connectivity index (χ1) is 11.0. The van der Waals surface area contributed by atoms with E-state index >= 15 is 0 Å². The largest absolute Gasteiger partial charge is 0.483 e. The van der Waals surface area contributed by atoms with Crippen LogP contribution >= 0.6 is 0 Å². The number of hydrogen-bond donors (Lipinski definition) is 2. The van der Waals surface area contributed by atoms with Crippen molar-refractivity contribution in [2.45, 2.75) is 6.92 Å². The van der Waals surface area contributed by atoms with Gasteiger partial charge in [-0.2, -0.15) is 0 Å². The molecule has 23 heavy (non-hydrogen) atoms. The molecule has 2 aromatic carbocycles. The van der Waals surface area contributed by atoms with Crippen LogP contribution in [0.5, 0.6) is 5.75 Å². The summed E-state index contributed by atoms with van der Waals surface area (Å²) in [5, 5.41) is 11.6. The van der Waals surface area contributed by atoms with Crippen molar-refractivity contribution >= 4 is 23.9 Å². The van der Waals surface area contributed by atoms with E-state index in [1.54, 1.807) is 12.1 Å². The van der Waals surface area contributed by atoms with E-state index in [1.165, 1.54) is 18.2 Å². The van der Waals surface area contributed by atoms with E-state index in [0.717, 1.165) is 5.56 Å². The van der Waals surface area contributed by atoms with E-state index < -0.39 is 5.97 Å². The minimum Gasteiger partial charge on any atom is -0.483 e. The summed E-state index contributed by atoms with van der Waals surface area (Å²) in [5.41, 5.74) is 1.65. The van der Waals surface area contributed by atoms with Gasteiger partial charge in [0.25, 0.3) is 5.91 Å². The summed E-state index contributed by atoms with van der Waals surface area (Å²) in [5.74, 6) is -1.36. The van der Waals surface area contributed by atoms with Gasteiger partial charge in [0.05, 0.1) is 11.1 Å². The van der Waals surface area contributed by atoms with Crippen molar-refractivity contribution in [2.75, 3.05) is 11.9 Å². The third-order valence-corrected chi connectivity index (χ3v) is 3.16. The minimum absolute atomic E-state index is 0.0242. The van der Waals surface area contributed by atoms with Gasteiger partial charge in [0.15, 0.2) is 12.9 Å². The molecule has 0 atom stereocenters. The van der Waals surface area contributed by atoms with E-state index in [1.807, 2.05) is 19.1 Å². The molecule has 0 aliphatic carbocycles. The van der Waals surface area contributed by atoms with Crippen molar-refractivity contribution in [2.24, 2.45) is 0 Å². The van der Waals surface area contributed by atoms with Crippen molar-refractivity contribution in [1.29, 1.82) is 0 Å². The fourth-order valence-corrected chi connectivity index (χ4v) is 1.95. The molecule has 1 amide bonds. The number of nitrogens with one attached hydrogen (secondary N) is 1. The van der Waals surface area contributed by atoms with Crippen LogP contribution in [0.2, 0.25) is 0 Å². The number of hydrogen-bond acceptors (Lipinski definition) is 4. The molecule has 0 radical (unpaired) electrons. The Bertz CT molecular complexity index is 754. The highest BCUT2D eigenvalue weighted by molar-refractivity contribution is 5.93. The summed E-state index contributed by atoms with van der Waals surface area (Å²) < 4.78 is 5.30. The van der Waals surface area contributed by atoms with Gasteiger partial charge in [-0.1, -0.05) is 18.2 Å². The molecular formula is C17H15NO5. The number of carboxylic acid groups (broad SMARTS) is 1. The molecule has 0 aliphatic rings. The fraction of sp³-hybridized carbons (Fsp3) is 0.118. The Morgan fingerprint density at radius 3 is 2.61 bits per heavy atom. The molecule has 6 nitrogen and oxygen atoms in total. The molecule has 2 aromatic rings. The number of aldehydes is 1. The van der Waals surface area contributed by atoms with Crippen LogP contribution < -0.4 is 10.1 Å². The second-order valence-electron chi connectivity index (χ2n) is 4.83. The van der Waals surface area contributed by atoms with E-state index in [2.05, 4.69) is 5.32 Å². The van der Waals surface area contributed by atoms with Gasteiger partial charge in [0.2, 0.25) is 0 Å². The molecule has 0 aromatic heterocycles. The number of carbonyl (C=O) groups excluding carboxylic acids is 2.